The first kappa shape index (κ1) is 16.9. The van der Waals surface area contributed by atoms with Gasteiger partial charge in [-0.2, -0.15) is 0 Å². The van der Waals surface area contributed by atoms with E-state index >= 15 is 0 Å². The van der Waals surface area contributed by atoms with Crippen molar-refractivity contribution in [2.24, 2.45) is 5.92 Å². The quantitative estimate of drug-likeness (QED) is 0.897. The molecular formula is C21H29NO3. The van der Waals surface area contributed by atoms with E-state index in [1.54, 1.807) is 0 Å². The molecule has 4 heteroatoms. The number of fused-ring (bicyclic) bond motifs is 2. The molecule has 2 aliphatic heterocycles. The number of para-hydroxylation sites is 1. The predicted octanol–water partition coefficient (Wildman–Crippen LogP) is 3.27. The number of likely N-dealkylation sites (tertiary alicyclic amines) is 1. The molecule has 3 atom stereocenters. The molecule has 3 aliphatic rings. The molecule has 4 nitrogen and oxygen atoms in total. The Morgan fingerprint density at radius 2 is 2.04 bits per heavy atom. The second-order valence-electron chi connectivity index (χ2n) is 9.29. The Morgan fingerprint density at radius 3 is 2.76 bits per heavy atom. The fourth-order valence-corrected chi connectivity index (χ4v) is 5.24. The van der Waals surface area contributed by atoms with Gasteiger partial charge in [-0.25, -0.2) is 0 Å². The van der Waals surface area contributed by atoms with Crippen LogP contribution in [-0.2, 0) is 10.2 Å². The molecule has 1 spiro atoms. The van der Waals surface area contributed by atoms with Crippen molar-refractivity contribution in [2.45, 2.75) is 76.0 Å². The van der Waals surface area contributed by atoms with Crippen LogP contribution < -0.4 is 4.74 Å². The Morgan fingerprint density at radius 1 is 1.32 bits per heavy atom. The normalized spacial score (nSPS) is 33.1. The summed E-state index contributed by atoms with van der Waals surface area (Å²) in [4.78, 5) is 15.3. The third-order valence-corrected chi connectivity index (χ3v) is 6.28. The second kappa shape index (κ2) is 5.23. The summed E-state index contributed by atoms with van der Waals surface area (Å²) in [5.41, 5.74) is -0.0144. The van der Waals surface area contributed by atoms with Crippen molar-refractivity contribution in [2.75, 3.05) is 6.54 Å². The van der Waals surface area contributed by atoms with Gasteiger partial charge in [0, 0.05) is 23.4 Å². The van der Waals surface area contributed by atoms with Crippen molar-refractivity contribution in [1.29, 1.82) is 0 Å². The van der Waals surface area contributed by atoms with Crippen LogP contribution in [0.4, 0.5) is 0 Å². The highest BCUT2D eigenvalue weighted by molar-refractivity contribution is 5.85. The van der Waals surface area contributed by atoms with E-state index in [2.05, 4.69) is 19.9 Å². The number of rotatable bonds is 2. The Hall–Kier alpha value is -1.55. The Bertz CT molecular complexity index is 705. The minimum Gasteiger partial charge on any atom is -0.488 e. The summed E-state index contributed by atoms with van der Waals surface area (Å²) in [6.07, 6.45) is 3.63. The number of hydrogen-bond donors (Lipinski definition) is 1. The molecule has 0 radical (unpaired) electrons. The van der Waals surface area contributed by atoms with Crippen LogP contribution in [-0.4, -0.2) is 39.7 Å². The molecule has 1 saturated carbocycles. The van der Waals surface area contributed by atoms with E-state index in [4.69, 9.17) is 4.74 Å². The van der Waals surface area contributed by atoms with Gasteiger partial charge in [0.15, 0.2) is 0 Å². The van der Waals surface area contributed by atoms with Crippen LogP contribution in [0.3, 0.4) is 0 Å². The zero-order chi connectivity index (χ0) is 18.0. The maximum atomic E-state index is 13.3. The zero-order valence-electron chi connectivity index (χ0n) is 15.7. The van der Waals surface area contributed by atoms with Crippen molar-refractivity contribution in [3.8, 4) is 5.75 Å². The van der Waals surface area contributed by atoms with Crippen LogP contribution in [0.1, 0.15) is 58.9 Å². The fraction of sp³-hybridized carbons (Fsp3) is 0.667. The van der Waals surface area contributed by atoms with E-state index in [0.717, 1.165) is 38.0 Å². The second-order valence-corrected chi connectivity index (χ2v) is 9.29. The summed E-state index contributed by atoms with van der Waals surface area (Å²) in [5.74, 6) is 1.16. The zero-order valence-corrected chi connectivity index (χ0v) is 15.7. The molecule has 0 unspecified atom stereocenters. The minimum absolute atomic E-state index is 0.0137. The Kier molecular flexibility index (Phi) is 3.53. The van der Waals surface area contributed by atoms with Crippen molar-refractivity contribution in [3.63, 3.8) is 0 Å². The van der Waals surface area contributed by atoms with Gasteiger partial charge in [0.1, 0.15) is 11.4 Å². The van der Waals surface area contributed by atoms with Gasteiger partial charge >= 0.3 is 0 Å². The molecule has 1 N–H and O–H groups in total. The molecular weight excluding hydrogens is 314 g/mol. The van der Waals surface area contributed by atoms with Crippen molar-refractivity contribution >= 4 is 5.91 Å². The molecule has 2 heterocycles. The van der Waals surface area contributed by atoms with Gasteiger partial charge in [-0.05, 0) is 59.4 Å². The molecule has 4 rings (SSSR count). The smallest absolute Gasteiger partial charge is 0.226 e. The summed E-state index contributed by atoms with van der Waals surface area (Å²) in [5, 5.41) is 10.5. The van der Waals surface area contributed by atoms with Gasteiger partial charge in [-0.1, -0.05) is 18.2 Å². The maximum absolute atomic E-state index is 13.3. The molecule has 1 saturated heterocycles. The lowest BCUT2D eigenvalue weighted by Crippen LogP contribution is -2.49. The standard InChI is InChI=1S/C21H29NO3/c1-19(2)13-21(14-8-5-6-9-16(14)25-19)12-15(21)18(23)22-11-7-10-17(22)20(3,4)24/h5-6,8-9,15,17,24H,7,10-13H2,1-4H3/t15-,17-,21+/m1/s1. The lowest BCUT2D eigenvalue weighted by Gasteiger charge is -2.39. The summed E-state index contributed by atoms with van der Waals surface area (Å²) in [6.45, 7) is 8.62. The van der Waals surface area contributed by atoms with E-state index in [9.17, 15) is 9.90 Å². The monoisotopic (exact) mass is 343 g/mol. The van der Waals surface area contributed by atoms with Gasteiger partial charge in [-0.15, -0.1) is 0 Å². The van der Waals surface area contributed by atoms with Gasteiger partial charge in [0.25, 0.3) is 0 Å². The molecule has 1 aliphatic carbocycles. The van der Waals surface area contributed by atoms with Crippen LogP contribution in [0.15, 0.2) is 24.3 Å². The highest BCUT2D eigenvalue weighted by Crippen LogP contribution is 2.64. The van der Waals surface area contributed by atoms with E-state index in [1.807, 2.05) is 36.9 Å². The van der Waals surface area contributed by atoms with Gasteiger partial charge < -0.3 is 14.7 Å². The molecule has 2 fully saturated rings. The molecule has 1 aromatic carbocycles. The van der Waals surface area contributed by atoms with Gasteiger partial charge in [-0.3, -0.25) is 4.79 Å². The third kappa shape index (κ3) is 2.66. The lowest BCUT2D eigenvalue weighted by atomic mass is 9.79. The SMILES string of the molecule is CC1(C)C[C@@]2(C[C@@H]2C(=O)N2CCC[C@@H]2C(C)(C)O)c2ccccc2O1. The molecule has 0 aromatic heterocycles. The number of carbonyl (C=O) groups is 1. The van der Waals surface area contributed by atoms with Crippen LogP contribution >= 0.6 is 0 Å². The summed E-state index contributed by atoms with van der Waals surface area (Å²) in [7, 11) is 0. The number of carbonyl (C=O) groups excluding carboxylic acids is 1. The largest absolute Gasteiger partial charge is 0.488 e. The van der Waals surface area contributed by atoms with Crippen LogP contribution in [0.5, 0.6) is 5.75 Å². The highest BCUT2D eigenvalue weighted by atomic mass is 16.5. The molecule has 25 heavy (non-hydrogen) atoms. The summed E-state index contributed by atoms with van der Waals surface area (Å²) in [6, 6.07) is 8.11. The van der Waals surface area contributed by atoms with Crippen molar-refractivity contribution in [1.82, 2.24) is 4.90 Å². The van der Waals surface area contributed by atoms with E-state index < -0.39 is 5.60 Å². The van der Waals surface area contributed by atoms with Crippen molar-refractivity contribution in [3.05, 3.63) is 29.8 Å². The first-order chi connectivity index (χ1) is 11.6. The maximum Gasteiger partial charge on any atom is 0.226 e. The average Bonchev–Trinajstić information content (AvgIpc) is 2.98. The first-order valence-electron chi connectivity index (χ1n) is 9.45. The Balaban J connectivity index is 1.64. The molecule has 1 amide bonds. The van der Waals surface area contributed by atoms with Crippen LogP contribution in [0.2, 0.25) is 0 Å². The fourth-order valence-electron chi connectivity index (χ4n) is 5.24. The summed E-state index contributed by atoms with van der Waals surface area (Å²) >= 11 is 0. The molecule has 1 aromatic rings. The highest BCUT2D eigenvalue weighted by Gasteiger charge is 2.65. The van der Waals surface area contributed by atoms with Crippen molar-refractivity contribution < 1.29 is 14.6 Å². The van der Waals surface area contributed by atoms with E-state index in [1.165, 1.54) is 5.56 Å². The molecule has 0 bridgehead atoms. The number of benzene rings is 1. The van der Waals surface area contributed by atoms with E-state index in [-0.39, 0.29) is 28.9 Å². The number of aliphatic hydroxyl groups is 1. The minimum atomic E-state index is -0.846. The predicted molar refractivity (Wildman–Crippen MR) is 96.6 cm³/mol. The van der Waals surface area contributed by atoms with Crippen LogP contribution in [0.25, 0.3) is 0 Å². The first-order valence-corrected chi connectivity index (χ1v) is 9.45. The van der Waals surface area contributed by atoms with Crippen LogP contribution in [0, 0.1) is 5.92 Å². The topological polar surface area (TPSA) is 49.8 Å². The van der Waals surface area contributed by atoms with Gasteiger partial charge in [0.2, 0.25) is 5.91 Å². The Labute approximate surface area is 150 Å². The number of nitrogens with zero attached hydrogens (tertiary/aromatic N) is 1. The third-order valence-electron chi connectivity index (χ3n) is 6.28. The summed E-state index contributed by atoms with van der Waals surface area (Å²) < 4.78 is 6.16. The molecule has 136 valence electrons. The van der Waals surface area contributed by atoms with E-state index in [0.29, 0.717) is 0 Å². The number of amides is 1. The number of ether oxygens (including phenoxy) is 1. The van der Waals surface area contributed by atoms with Gasteiger partial charge in [0.05, 0.1) is 11.6 Å². The lowest BCUT2D eigenvalue weighted by molar-refractivity contribution is -0.138. The number of hydrogen-bond acceptors (Lipinski definition) is 3. The average molecular weight is 343 g/mol.